The zero-order valence-corrected chi connectivity index (χ0v) is 13.2. The molecule has 0 aliphatic rings. The molecule has 20 heavy (non-hydrogen) atoms. The molecule has 0 aromatic heterocycles. The normalized spacial score (nSPS) is 12.1. The number of hydrogen-bond donors (Lipinski definition) is 2. The fraction of sp³-hybridized carbons (Fsp3) is 0.429. The lowest BCUT2D eigenvalue weighted by molar-refractivity contribution is -0.129. The molecule has 0 saturated carbocycles. The molecule has 1 rings (SSSR count). The summed E-state index contributed by atoms with van der Waals surface area (Å²) in [6, 6.07) is 4.54. The molecule has 0 aliphatic heterocycles. The highest BCUT2D eigenvalue weighted by Gasteiger charge is 2.22. The van der Waals surface area contributed by atoms with Crippen LogP contribution in [0.4, 0.5) is 0 Å². The van der Waals surface area contributed by atoms with E-state index in [1.54, 1.807) is 18.2 Å². The first-order valence-electron chi connectivity index (χ1n) is 6.30. The van der Waals surface area contributed by atoms with Crippen molar-refractivity contribution in [1.29, 1.82) is 0 Å². The van der Waals surface area contributed by atoms with Gasteiger partial charge in [0, 0.05) is 23.5 Å². The maximum Gasteiger partial charge on any atom is 0.243 e. The first-order chi connectivity index (χ1) is 9.31. The maximum atomic E-state index is 12.1. The van der Waals surface area contributed by atoms with E-state index >= 15 is 0 Å². The second-order valence-corrected chi connectivity index (χ2v) is 5.72. The molecule has 1 atom stereocenters. The lowest BCUT2D eigenvalue weighted by Gasteiger charge is -2.21. The molecule has 4 nitrogen and oxygen atoms in total. The Hall–Kier alpha value is -1.26. The Morgan fingerprint density at radius 1 is 1.25 bits per heavy atom. The van der Waals surface area contributed by atoms with Gasteiger partial charge in [0.2, 0.25) is 11.8 Å². The van der Waals surface area contributed by atoms with Crippen molar-refractivity contribution in [3.8, 4) is 0 Å². The van der Waals surface area contributed by atoms with E-state index in [0.29, 0.717) is 10.0 Å². The number of carbonyl (C=O) groups excluding carboxylic acids is 2. The standard InChI is InChI=1S/C14H18Cl2N2O2/c1-8(2)13(18-9(3)19)14(20)17-7-10-4-5-11(15)6-12(10)16/h4-6,8,13H,7H2,1-3H3,(H,17,20)(H,18,19). The minimum absolute atomic E-state index is 0.000380. The number of hydrogen-bond acceptors (Lipinski definition) is 2. The van der Waals surface area contributed by atoms with Crippen LogP contribution in [0.3, 0.4) is 0 Å². The fourth-order valence-electron chi connectivity index (χ4n) is 1.71. The molecule has 1 aromatic rings. The zero-order valence-electron chi connectivity index (χ0n) is 11.7. The van der Waals surface area contributed by atoms with Gasteiger partial charge >= 0.3 is 0 Å². The summed E-state index contributed by atoms with van der Waals surface area (Å²) >= 11 is 11.8. The van der Waals surface area contributed by atoms with Crippen molar-refractivity contribution in [2.75, 3.05) is 0 Å². The zero-order chi connectivity index (χ0) is 15.3. The van der Waals surface area contributed by atoms with Crippen LogP contribution in [0.5, 0.6) is 0 Å². The third-order valence-electron chi connectivity index (χ3n) is 2.78. The van der Waals surface area contributed by atoms with Crippen LogP contribution in [0.25, 0.3) is 0 Å². The van der Waals surface area contributed by atoms with Gasteiger partial charge in [-0.25, -0.2) is 0 Å². The van der Waals surface area contributed by atoms with Crippen LogP contribution in [0.1, 0.15) is 26.3 Å². The Kier molecular flexibility index (Phi) is 6.30. The van der Waals surface area contributed by atoms with Gasteiger partial charge in [-0.05, 0) is 23.6 Å². The van der Waals surface area contributed by atoms with Crippen LogP contribution < -0.4 is 10.6 Å². The molecule has 1 aromatic carbocycles. The summed E-state index contributed by atoms with van der Waals surface area (Å²) in [5.41, 5.74) is 0.773. The van der Waals surface area contributed by atoms with Gasteiger partial charge in [-0.1, -0.05) is 43.1 Å². The molecule has 0 fully saturated rings. The van der Waals surface area contributed by atoms with Crippen LogP contribution in [-0.2, 0) is 16.1 Å². The summed E-state index contributed by atoms with van der Waals surface area (Å²) in [5.74, 6) is -0.468. The smallest absolute Gasteiger partial charge is 0.243 e. The van der Waals surface area contributed by atoms with Gasteiger partial charge in [0.1, 0.15) is 6.04 Å². The lowest BCUT2D eigenvalue weighted by Crippen LogP contribution is -2.48. The van der Waals surface area contributed by atoms with E-state index in [-0.39, 0.29) is 24.3 Å². The number of halogens is 2. The van der Waals surface area contributed by atoms with Crippen molar-refractivity contribution in [2.45, 2.75) is 33.4 Å². The number of amides is 2. The van der Waals surface area contributed by atoms with Gasteiger partial charge in [0.25, 0.3) is 0 Å². The molecule has 0 saturated heterocycles. The molecule has 1 unspecified atom stereocenters. The summed E-state index contributed by atoms with van der Waals surface area (Å²) in [6.07, 6.45) is 0. The Morgan fingerprint density at radius 2 is 1.90 bits per heavy atom. The van der Waals surface area contributed by atoms with Crippen LogP contribution in [0, 0.1) is 5.92 Å². The molecule has 6 heteroatoms. The molecular weight excluding hydrogens is 299 g/mol. The number of benzene rings is 1. The van der Waals surface area contributed by atoms with Crippen molar-refractivity contribution in [1.82, 2.24) is 10.6 Å². The largest absolute Gasteiger partial charge is 0.350 e. The van der Waals surface area contributed by atoms with E-state index < -0.39 is 6.04 Å². The number of rotatable bonds is 5. The highest BCUT2D eigenvalue weighted by Crippen LogP contribution is 2.20. The summed E-state index contributed by atoms with van der Waals surface area (Å²) < 4.78 is 0. The first kappa shape index (κ1) is 16.8. The first-order valence-corrected chi connectivity index (χ1v) is 7.05. The van der Waals surface area contributed by atoms with Crippen molar-refractivity contribution in [3.63, 3.8) is 0 Å². The third-order valence-corrected chi connectivity index (χ3v) is 3.36. The Labute approximate surface area is 128 Å². The molecule has 2 N–H and O–H groups in total. The van der Waals surface area contributed by atoms with E-state index in [1.165, 1.54) is 6.92 Å². The fourth-order valence-corrected chi connectivity index (χ4v) is 2.19. The highest BCUT2D eigenvalue weighted by atomic mass is 35.5. The van der Waals surface area contributed by atoms with Crippen LogP contribution in [0.15, 0.2) is 18.2 Å². The Bertz CT molecular complexity index is 504. The minimum Gasteiger partial charge on any atom is -0.350 e. The van der Waals surface area contributed by atoms with Gasteiger partial charge in [0.05, 0.1) is 0 Å². The summed E-state index contributed by atoms with van der Waals surface area (Å²) in [4.78, 5) is 23.2. The molecular formula is C14H18Cl2N2O2. The summed E-state index contributed by atoms with van der Waals surface area (Å²) in [6.45, 7) is 5.42. The van der Waals surface area contributed by atoms with E-state index in [9.17, 15) is 9.59 Å². The van der Waals surface area contributed by atoms with Crippen molar-refractivity contribution >= 4 is 35.0 Å². The second-order valence-electron chi connectivity index (χ2n) is 4.88. The van der Waals surface area contributed by atoms with Crippen molar-refractivity contribution in [2.24, 2.45) is 5.92 Å². The molecule has 0 spiro atoms. The second kappa shape index (κ2) is 7.50. The predicted molar refractivity (Wildman–Crippen MR) is 80.8 cm³/mol. The van der Waals surface area contributed by atoms with Crippen LogP contribution >= 0.6 is 23.2 Å². The van der Waals surface area contributed by atoms with E-state index in [1.807, 2.05) is 13.8 Å². The van der Waals surface area contributed by atoms with E-state index in [2.05, 4.69) is 10.6 Å². The average molecular weight is 317 g/mol. The van der Waals surface area contributed by atoms with Gasteiger partial charge in [-0.2, -0.15) is 0 Å². The molecule has 0 radical (unpaired) electrons. The SMILES string of the molecule is CC(=O)NC(C(=O)NCc1ccc(Cl)cc1Cl)C(C)C. The molecule has 2 amide bonds. The maximum absolute atomic E-state index is 12.1. The topological polar surface area (TPSA) is 58.2 Å². The van der Waals surface area contributed by atoms with Gasteiger partial charge < -0.3 is 10.6 Å². The van der Waals surface area contributed by atoms with Crippen molar-refractivity contribution < 1.29 is 9.59 Å². The van der Waals surface area contributed by atoms with E-state index in [4.69, 9.17) is 23.2 Å². The van der Waals surface area contributed by atoms with E-state index in [0.717, 1.165) is 5.56 Å². The molecule has 110 valence electrons. The van der Waals surface area contributed by atoms with Crippen molar-refractivity contribution in [3.05, 3.63) is 33.8 Å². The third kappa shape index (κ3) is 5.02. The van der Waals surface area contributed by atoms with Gasteiger partial charge in [-0.15, -0.1) is 0 Å². The average Bonchev–Trinajstić information content (AvgIpc) is 2.34. The quantitative estimate of drug-likeness (QED) is 0.877. The number of carbonyl (C=O) groups is 2. The molecule has 0 heterocycles. The monoisotopic (exact) mass is 316 g/mol. The highest BCUT2D eigenvalue weighted by molar-refractivity contribution is 6.35. The Balaban J connectivity index is 2.67. The summed E-state index contributed by atoms with van der Waals surface area (Å²) in [5, 5.41) is 6.44. The summed E-state index contributed by atoms with van der Waals surface area (Å²) in [7, 11) is 0. The van der Waals surface area contributed by atoms with Crippen LogP contribution in [0.2, 0.25) is 10.0 Å². The number of nitrogens with one attached hydrogen (secondary N) is 2. The molecule has 0 aliphatic carbocycles. The Morgan fingerprint density at radius 3 is 2.40 bits per heavy atom. The lowest BCUT2D eigenvalue weighted by atomic mass is 10.0. The minimum atomic E-state index is -0.557. The predicted octanol–water partition coefficient (Wildman–Crippen LogP) is 2.77. The molecule has 0 bridgehead atoms. The van der Waals surface area contributed by atoms with Gasteiger partial charge in [0.15, 0.2) is 0 Å². The van der Waals surface area contributed by atoms with Crippen LogP contribution in [-0.4, -0.2) is 17.9 Å². The van der Waals surface area contributed by atoms with Gasteiger partial charge in [-0.3, -0.25) is 9.59 Å².